The molecule has 0 N–H and O–H groups in total. The van der Waals surface area contributed by atoms with E-state index >= 15 is 0 Å². The van der Waals surface area contributed by atoms with E-state index in [2.05, 4.69) is 11.9 Å². The van der Waals surface area contributed by atoms with Gasteiger partial charge in [0.2, 0.25) is 0 Å². The van der Waals surface area contributed by atoms with Gasteiger partial charge in [0.1, 0.15) is 29.3 Å². The molecule has 0 saturated heterocycles. The maximum absolute atomic E-state index is 13.8. The molecule has 3 rings (SSSR count). The maximum Gasteiger partial charge on any atom is 0.416 e. The molecule has 3 aromatic rings. The van der Waals surface area contributed by atoms with E-state index in [1.165, 1.54) is 35.6 Å². The lowest BCUT2D eigenvalue weighted by atomic mass is 10.1. The minimum Gasteiger partial charge on any atom is -0.488 e. The molecule has 8 heteroatoms. The Morgan fingerprint density at radius 2 is 1.87 bits per heavy atom. The lowest BCUT2D eigenvalue weighted by molar-refractivity contribution is -0.137. The molecule has 2 aromatic carbocycles. The van der Waals surface area contributed by atoms with Crippen molar-refractivity contribution < 1.29 is 22.3 Å². The van der Waals surface area contributed by atoms with E-state index in [1.807, 2.05) is 0 Å². The molecule has 1 heterocycles. The molecule has 3 nitrogen and oxygen atoms in total. The van der Waals surface area contributed by atoms with Crippen LogP contribution < -0.4 is 4.74 Å². The molecule has 156 valence electrons. The fraction of sp³-hybridized carbons (Fsp3) is 0.273. The van der Waals surface area contributed by atoms with Gasteiger partial charge >= 0.3 is 6.18 Å². The molecule has 30 heavy (non-hydrogen) atoms. The molecule has 1 aromatic heterocycles. The zero-order valence-electron chi connectivity index (χ0n) is 16.1. The summed E-state index contributed by atoms with van der Waals surface area (Å²) < 4.78 is 57.8. The molecule has 0 bridgehead atoms. The fourth-order valence-corrected chi connectivity index (χ4v) is 3.81. The van der Waals surface area contributed by atoms with E-state index < -0.39 is 17.6 Å². The first-order valence-corrected chi connectivity index (χ1v) is 10.1. The van der Waals surface area contributed by atoms with Gasteiger partial charge in [-0.25, -0.2) is 9.37 Å². The molecule has 0 saturated carbocycles. The summed E-state index contributed by atoms with van der Waals surface area (Å²) >= 11 is 1.34. The number of unbranched alkanes of at least 4 members (excludes halogenated alkanes) is 1. The van der Waals surface area contributed by atoms with E-state index in [-0.39, 0.29) is 17.9 Å². The quantitative estimate of drug-likeness (QED) is 0.386. The Morgan fingerprint density at radius 3 is 2.47 bits per heavy atom. The highest BCUT2D eigenvalue weighted by atomic mass is 32.1. The summed E-state index contributed by atoms with van der Waals surface area (Å²) in [5.41, 5.74) is 0.654. The Kier molecular flexibility index (Phi) is 6.73. The number of ether oxygens (including phenoxy) is 1. The number of rotatable bonds is 7. The molecule has 0 atom stereocenters. The zero-order valence-corrected chi connectivity index (χ0v) is 16.9. The second-order valence-electron chi connectivity index (χ2n) is 6.61. The number of hydrogen-bond donors (Lipinski definition) is 0. The van der Waals surface area contributed by atoms with Crippen LogP contribution in [0.3, 0.4) is 0 Å². The van der Waals surface area contributed by atoms with Gasteiger partial charge in [-0.05, 0) is 37.1 Å². The molecule has 0 aliphatic rings. The normalized spacial score (nSPS) is 11.3. The van der Waals surface area contributed by atoms with Crippen LogP contribution in [0.2, 0.25) is 0 Å². The van der Waals surface area contributed by atoms with Gasteiger partial charge in [0.05, 0.1) is 21.7 Å². The third-order valence-electron chi connectivity index (χ3n) is 4.44. The number of aryl methyl sites for hydroxylation is 1. The van der Waals surface area contributed by atoms with Crippen LogP contribution in [-0.4, -0.2) is 4.98 Å². The summed E-state index contributed by atoms with van der Waals surface area (Å²) in [6, 6.07) is 10.7. The van der Waals surface area contributed by atoms with Crippen LogP contribution in [-0.2, 0) is 19.2 Å². The summed E-state index contributed by atoms with van der Waals surface area (Å²) in [7, 11) is 0. The van der Waals surface area contributed by atoms with Gasteiger partial charge in [-0.1, -0.05) is 25.5 Å². The van der Waals surface area contributed by atoms with Gasteiger partial charge in [0.15, 0.2) is 0 Å². The fourth-order valence-electron chi connectivity index (χ4n) is 2.79. The van der Waals surface area contributed by atoms with Gasteiger partial charge in [0.25, 0.3) is 0 Å². The second kappa shape index (κ2) is 9.26. The van der Waals surface area contributed by atoms with E-state index in [0.717, 1.165) is 41.6 Å². The van der Waals surface area contributed by atoms with Crippen molar-refractivity contribution in [2.75, 3.05) is 0 Å². The SMILES string of the molecule is CCCCc1nc(-c2ccc(C(F)(F)F)cc2)sc1COc1ccc(C#N)c(F)c1. The zero-order chi connectivity index (χ0) is 21.7. The second-order valence-corrected chi connectivity index (χ2v) is 7.69. The van der Waals surface area contributed by atoms with E-state index in [4.69, 9.17) is 10.00 Å². The van der Waals surface area contributed by atoms with Crippen molar-refractivity contribution in [1.82, 2.24) is 4.98 Å². The predicted molar refractivity (Wildman–Crippen MR) is 107 cm³/mol. The van der Waals surface area contributed by atoms with Crippen LogP contribution in [0, 0.1) is 17.1 Å². The number of aromatic nitrogens is 1. The lowest BCUT2D eigenvalue weighted by Crippen LogP contribution is -2.03. The minimum absolute atomic E-state index is 0.0617. The molecule has 0 radical (unpaired) electrons. The van der Waals surface area contributed by atoms with E-state index in [0.29, 0.717) is 17.0 Å². The third kappa shape index (κ3) is 5.16. The minimum atomic E-state index is -4.39. The van der Waals surface area contributed by atoms with Crippen molar-refractivity contribution >= 4 is 11.3 Å². The van der Waals surface area contributed by atoms with Crippen LogP contribution in [0.4, 0.5) is 17.6 Å². The number of benzene rings is 2. The average molecular weight is 434 g/mol. The highest BCUT2D eigenvalue weighted by Crippen LogP contribution is 2.34. The lowest BCUT2D eigenvalue weighted by Gasteiger charge is -2.06. The number of alkyl halides is 3. The van der Waals surface area contributed by atoms with Crippen molar-refractivity contribution in [2.24, 2.45) is 0 Å². The Balaban J connectivity index is 1.82. The van der Waals surface area contributed by atoms with Crippen molar-refractivity contribution in [1.29, 1.82) is 5.26 Å². The molecular weight excluding hydrogens is 416 g/mol. The van der Waals surface area contributed by atoms with Crippen LogP contribution in [0.25, 0.3) is 10.6 Å². The Labute approximate surface area is 175 Å². The van der Waals surface area contributed by atoms with Crippen LogP contribution in [0.1, 0.15) is 41.5 Å². The maximum atomic E-state index is 13.8. The molecule has 0 spiro atoms. The van der Waals surface area contributed by atoms with E-state index in [1.54, 1.807) is 6.07 Å². The third-order valence-corrected chi connectivity index (χ3v) is 5.56. The van der Waals surface area contributed by atoms with E-state index in [9.17, 15) is 17.6 Å². The number of halogens is 4. The summed E-state index contributed by atoms with van der Waals surface area (Å²) in [5, 5.41) is 9.42. The van der Waals surface area contributed by atoms with Crippen LogP contribution >= 0.6 is 11.3 Å². The number of hydrogen-bond acceptors (Lipinski definition) is 4. The molecule has 0 aliphatic heterocycles. The number of thiazole rings is 1. The first kappa shape index (κ1) is 21.8. The Hall–Kier alpha value is -2.92. The Bertz CT molecular complexity index is 1050. The van der Waals surface area contributed by atoms with Gasteiger partial charge in [-0.3, -0.25) is 0 Å². The average Bonchev–Trinajstić information content (AvgIpc) is 3.13. The first-order valence-electron chi connectivity index (χ1n) is 9.30. The molecular formula is C22H18F4N2OS. The van der Waals surface area contributed by atoms with Crippen molar-refractivity contribution in [2.45, 2.75) is 39.0 Å². The highest BCUT2D eigenvalue weighted by Gasteiger charge is 2.30. The van der Waals surface area contributed by atoms with Crippen molar-refractivity contribution in [3.63, 3.8) is 0 Å². The number of nitriles is 1. The summed E-state index contributed by atoms with van der Waals surface area (Å²) in [5.74, 6) is -0.367. The van der Waals surface area contributed by atoms with Gasteiger partial charge in [0, 0.05) is 11.6 Å². The highest BCUT2D eigenvalue weighted by molar-refractivity contribution is 7.15. The van der Waals surface area contributed by atoms with Gasteiger partial charge in [-0.2, -0.15) is 18.4 Å². The summed E-state index contributed by atoms with van der Waals surface area (Å²) in [6.07, 6.45) is -1.79. The monoisotopic (exact) mass is 434 g/mol. The molecule has 0 fully saturated rings. The van der Waals surface area contributed by atoms with Gasteiger partial charge < -0.3 is 4.74 Å². The predicted octanol–water partition coefficient (Wildman–Crippen LogP) is 6.76. The smallest absolute Gasteiger partial charge is 0.416 e. The standard InChI is InChI=1S/C22H18F4N2OS/c1-2-3-4-19-20(13-29-17-10-7-15(12-27)18(23)11-17)30-21(28-19)14-5-8-16(9-6-14)22(24,25)26/h5-11H,2-4,13H2,1H3. The molecule has 0 aliphatic carbocycles. The first-order chi connectivity index (χ1) is 14.3. The van der Waals surface area contributed by atoms with Crippen molar-refractivity contribution in [3.8, 4) is 22.4 Å². The summed E-state index contributed by atoms with van der Waals surface area (Å²) in [4.78, 5) is 5.44. The Morgan fingerprint density at radius 1 is 1.13 bits per heavy atom. The van der Waals surface area contributed by atoms with Gasteiger partial charge in [-0.15, -0.1) is 11.3 Å². The molecule has 0 amide bonds. The molecule has 0 unspecified atom stereocenters. The number of nitrogens with zero attached hydrogens (tertiary/aromatic N) is 2. The van der Waals surface area contributed by atoms with Crippen LogP contribution in [0.15, 0.2) is 42.5 Å². The van der Waals surface area contributed by atoms with Crippen LogP contribution in [0.5, 0.6) is 5.75 Å². The summed E-state index contributed by atoms with van der Waals surface area (Å²) in [6.45, 7) is 2.21. The topological polar surface area (TPSA) is 45.9 Å². The van der Waals surface area contributed by atoms with Crippen molar-refractivity contribution in [3.05, 3.63) is 70.0 Å². The largest absolute Gasteiger partial charge is 0.488 e.